The van der Waals surface area contributed by atoms with Crippen molar-refractivity contribution >= 4 is 34.3 Å². The number of methoxy groups -OCH3 is 1. The number of nitrogens with zero attached hydrogens (tertiary/aromatic N) is 2. The third-order valence-electron chi connectivity index (χ3n) is 6.55. The van der Waals surface area contributed by atoms with Gasteiger partial charge in [-0.1, -0.05) is 41.7 Å². The number of allylic oxidation sites excluding steroid dienone is 1. The number of thiazole rings is 1. The number of rotatable bonds is 7. The van der Waals surface area contributed by atoms with Crippen LogP contribution in [0.3, 0.4) is 0 Å². The van der Waals surface area contributed by atoms with E-state index in [0.717, 1.165) is 22.2 Å². The number of aromatic amines is 1. The van der Waals surface area contributed by atoms with Gasteiger partial charge in [-0.05, 0) is 45.9 Å². The van der Waals surface area contributed by atoms with Crippen LogP contribution in [0.1, 0.15) is 43.6 Å². The van der Waals surface area contributed by atoms with E-state index in [9.17, 15) is 9.59 Å². The first-order valence-corrected chi connectivity index (χ1v) is 13.3. The lowest BCUT2D eigenvalue weighted by Crippen LogP contribution is -2.40. The van der Waals surface area contributed by atoms with Crippen LogP contribution in [0.2, 0.25) is 0 Å². The number of H-pyrrole nitrogens is 1. The van der Waals surface area contributed by atoms with Gasteiger partial charge in [-0.25, -0.2) is 9.79 Å². The Hall–Kier alpha value is -4.11. The van der Waals surface area contributed by atoms with Gasteiger partial charge in [-0.2, -0.15) is 0 Å². The smallest absolute Gasteiger partial charge is 0.338 e. The number of hydrogen-bond acceptors (Lipinski definition) is 7. The van der Waals surface area contributed by atoms with Gasteiger partial charge in [0.05, 0.1) is 36.1 Å². The predicted molar refractivity (Wildman–Crippen MR) is 148 cm³/mol. The summed E-state index contributed by atoms with van der Waals surface area (Å²) in [5, 5.41) is 1.03. The van der Waals surface area contributed by atoms with Crippen molar-refractivity contribution in [3.8, 4) is 11.5 Å². The average molecular weight is 532 g/mol. The van der Waals surface area contributed by atoms with Gasteiger partial charge in [0, 0.05) is 27.7 Å². The van der Waals surface area contributed by atoms with Gasteiger partial charge in [0.15, 0.2) is 16.3 Å². The molecule has 0 unspecified atom stereocenters. The monoisotopic (exact) mass is 531 g/mol. The normalized spacial score (nSPS) is 15.4. The molecular weight excluding hydrogens is 502 g/mol. The zero-order chi connectivity index (χ0) is 27.0. The molecule has 1 aliphatic heterocycles. The molecule has 4 aromatic rings. The van der Waals surface area contributed by atoms with Gasteiger partial charge in [-0.3, -0.25) is 9.36 Å². The summed E-state index contributed by atoms with van der Waals surface area (Å²) in [6, 6.07) is 12.6. The van der Waals surface area contributed by atoms with Crippen LogP contribution in [-0.2, 0) is 9.53 Å². The van der Waals surface area contributed by atoms with E-state index in [1.54, 1.807) is 31.6 Å². The van der Waals surface area contributed by atoms with Crippen molar-refractivity contribution in [3.05, 3.63) is 90.2 Å². The van der Waals surface area contributed by atoms with Crippen molar-refractivity contribution < 1.29 is 19.0 Å². The molecule has 2 aromatic heterocycles. The minimum Gasteiger partial charge on any atom is -0.493 e. The maximum Gasteiger partial charge on any atom is 0.338 e. The van der Waals surface area contributed by atoms with E-state index >= 15 is 0 Å². The van der Waals surface area contributed by atoms with E-state index in [2.05, 4.69) is 9.98 Å². The number of para-hydroxylation sites is 2. The molecule has 0 spiro atoms. The molecule has 0 fully saturated rings. The standard InChI is InChI=1S/C29H29N3O5S/c1-6-36-26-19(12-10-14-22(26)35-5)25-24(28(34)37-7-2)17(4)31-29-32(25)27(33)23(38-29)15-20-16(3)30-21-13-9-8-11-18(20)21/h8-15,25,30H,6-7H2,1-5H3/b23-15+/t25-/m0/s1. The maximum absolute atomic E-state index is 14.1. The first-order chi connectivity index (χ1) is 18.4. The van der Waals surface area contributed by atoms with Crippen LogP contribution in [0.5, 0.6) is 11.5 Å². The molecule has 1 atom stereocenters. The summed E-state index contributed by atoms with van der Waals surface area (Å²) in [5.41, 5.74) is 4.07. The number of carbonyl (C=O) groups excluding carboxylic acids is 1. The second-order valence-corrected chi connectivity index (χ2v) is 9.83. The van der Waals surface area contributed by atoms with Crippen LogP contribution in [0.15, 0.2) is 63.5 Å². The maximum atomic E-state index is 14.1. The molecule has 1 aliphatic rings. The van der Waals surface area contributed by atoms with Gasteiger partial charge < -0.3 is 19.2 Å². The number of fused-ring (bicyclic) bond motifs is 2. The molecule has 1 N–H and O–H groups in total. The molecule has 38 heavy (non-hydrogen) atoms. The third kappa shape index (κ3) is 4.22. The lowest BCUT2D eigenvalue weighted by Gasteiger charge is -2.26. The highest BCUT2D eigenvalue weighted by atomic mass is 32.1. The highest BCUT2D eigenvalue weighted by molar-refractivity contribution is 7.07. The zero-order valence-electron chi connectivity index (χ0n) is 22.0. The minimum absolute atomic E-state index is 0.197. The first kappa shape index (κ1) is 25.5. The Morgan fingerprint density at radius 2 is 1.92 bits per heavy atom. The quantitative estimate of drug-likeness (QED) is 0.364. The number of aromatic nitrogens is 2. The molecule has 0 bridgehead atoms. The van der Waals surface area contributed by atoms with Crippen LogP contribution in [0, 0.1) is 6.92 Å². The van der Waals surface area contributed by atoms with Crippen molar-refractivity contribution in [1.82, 2.24) is 9.55 Å². The summed E-state index contributed by atoms with van der Waals surface area (Å²) in [7, 11) is 1.56. The van der Waals surface area contributed by atoms with Crippen LogP contribution in [0.25, 0.3) is 17.0 Å². The molecule has 0 aliphatic carbocycles. The Bertz CT molecular complexity index is 1760. The Balaban J connectivity index is 1.80. The topological polar surface area (TPSA) is 94.9 Å². The number of ether oxygens (including phenoxy) is 3. The lowest BCUT2D eigenvalue weighted by molar-refractivity contribution is -0.139. The fraction of sp³-hybridized carbons (Fsp3) is 0.276. The van der Waals surface area contributed by atoms with Crippen molar-refractivity contribution in [2.75, 3.05) is 20.3 Å². The van der Waals surface area contributed by atoms with Gasteiger partial charge in [0.1, 0.15) is 6.04 Å². The van der Waals surface area contributed by atoms with Crippen molar-refractivity contribution in [2.24, 2.45) is 4.99 Å². The van der Waals surface area contributed by atoms with Gasteiger partial charge in [0.2, 0.25) is 0 Å². The number of aryl methyl sites for hydroxylation is 1. The fourth-order valence-electron chi connectivity index (χ4n) is 4.91. The molecule has 196 valence electrons. The Labute approximate surface area is 223 Å². The Morgan fingerprint density at radius 3 is 2.66 bits per heavy atom. The molecular formula is C29H29N3O5S. The molecule has 0 saturated carbocycles. The SMILES string of the molecule is CCOC(=O)C1=C(C)N=c2s/c(=C/c3c(C)[nH]c4ccccc34)c(=O)n2[C@H]1c1cccc(OC)c1OCC. The summed E-state index contributed by atoms with van der Waals surface area (Å²) in [5.74, 6) is 0.463. The van der Waals surface area contributed by atoms with Crippen molar-refractivity contribution in [2.45, 2.75) is 33.7 Å². The van der Waals surface area contributed by atoms with Crippen LogP contribution >= 0.6 is 11.3 Å². The van der Waals surface area contributed by atoms with E-state index in [1.807, 2.05) is 56.3 Å². The summed E-state index contributed by atoms with van der Waals surface area (Å²) in [6.45, 7) is 7.95. The molecule has 8 nitrogen and oxygen atoms in total. The fourth-order valence-corrected chi connectivity index (χ4v) is 5.94. The third-order valence-corrected chi connectivity index (χ3v) is 7.53. The molecule has 0 saturated heterocycles. The average Bonchev–Trinajstić information content (AvgIpc) is 3.39. The van der Waals surface area contributed by atoms with E-state index in [-0.39, 0.29) is 12.2 Å². The van der Waals surface area contributed by atoms with Gasteiger partial charge >= 0.3 is 5.97 Å². The van der Waals surface area contributed by atoms with Crippen molar-refractivity contribution in [1.29, 1.82) is 0 Å². The second-order valence-electron chi connectivity index (χ2n) is 8.82. The van der Waals surface area contributed by atoms with Gasteiger partial charge in [0.25, 0.3) is 5.56 Å². The van der Waals surface area contributed by atoms with E-state index in [0.29, 0.717) is 44.3 Å². The van der Waals surface area contributed by atoms with E-state index in [1.165, 1.54) is 11.3 Å². The summed E-state index contributed by atoms with van der Waals surface area (Å²) < 4.78 is 19.1. The number of hydrogen-bond donors (Lipinski definition) is 1. The van der Waals surface area contributed by atoms with Crippen molar-refractivity contribution in [3.63, 3.8) is 0 Å². The van der Waals surface area contributed by atoms with Crippen LogP contribution in [-0.4, -0.2) is 35.8 Å². The Morgan fingerprint density at radius 1 is 1.13 bits per heavy atom. The summed E-state index contributed by atoms with van der Waals surface area (Å²) in [4.78, 5) is 35.9. The second kappa shape index (κ2) is 10.3. The van der Waals surface area contributed by atoms with Crippen LogP contribution in [0.4, 0.5) is 0 Å². The number of nitrogens with one attached hydrogen (secondary N) is 1. The molecule has 2 aromatic carbocycles. The largest absolute Gasteiger partial charge is 0.493 e. The van der Waals surface area contributed by atoms with E-state index < -0.39 is 12.0 Å². The van der Waals surface area contributed by atoms with Crippen LogP contribution < -0.4 is 24.4 Å². The van der Waals surface area contributed by atoms with Gasteiger partial charge in [-0.15, -0.1) is 0 Å². The zero-order valence-corrected chi connectivity index (χ0v) is 22.8. The number of carbonyl (C=O) groups is 1. The molecule has 3 heterocycles. The molecule has 9 heteroatoms. The number of benzene rings is 2. The molecule has 0 amide bonds. The summed E-state index contributed by atoms with van der Waals surface area (Å²) >= 11 is 1.29. The number of esters is 1. The first-order valence-electron chi connectivity index (χ1n) is 12.5. The summed E-state index contributed by atoms with van der Waals surface area (Å²) in [6.07, 6.45) is 1.90. The highest BCUT2D eigenvalue weighted by Gasteiger charge is 2.36. The predicted octanol–water partition coefficient (Wildman–Crippen LogP) is 4.00. The highest BCUT2D eigenvalue weighted by Crippen LogP contribution is 2.40. The minimum atomic E-state index is -0.798. The Kier molecular flexibility index (Phi) is 6.94. The van der Waals surface area contributed by atoms with E-state index in [4.69, 9.17) is 14.2 Å². The molecule has 0 radical (unpaired) electrons. The molecule has 5 rings (SSSR count). The lowest BCUT2D eigenvalue weighted by atomic mass is 9.94.